The van der Waals surface area contributed by atoms with Crippen molar-refractivity contribution in [2.45, 2.75) is 134 Å². The topological polar surface area (TPSA) is 415 Å². The Balaban J connectivity index is 2.31. The van der Waals surface area contributed by atoms with Crippen molar-refractivity contribution in [2.75, 3.05) is 20.2 Å². The van der Waals surface area contributed by atoms with E-state index < -0.39 is 135 Å². The van der Waals surface area contributed by atoms with E-state index in [1.54, 1.807) is 27.7 Å². The van der Waals surface area contributed by atoms with Gasteiger partial charge in [-0.15, -0.1) is 0 Å². The Bertz CT molecular complexity index is 2340. The van der Waals surface area contributed by atoms with Crippen LogP contribution in [-0.2, 0) is 73.9 Å². The van der Waals surface area contributed by atoms with Gasteiger partial charge in [0.1, 0.15) is 60.9 Å². The van der Waals surface area contributed by atoms with Crippen molar-refractivity contribution >= 4 is 79.8 Å². The summed E-state index contributed by atoms with van der Waals surface area (Å²) in [6.07, 6.45) is -6.60. The number of nitrogens with zero attached hydrogens (tertiary/aromatic N) is 3. The van der Waals surface area contributed by atoms with Crippen LogP contribution in [0.3, 0.4) is 0 Å². The van der Waals surface area contributed by atoms with Crippen LogP contribution in [0.25, 0.3) is 0 Å². The Morgan fingerprint density at radius 1 is 0.957 bits per heavy atom. The lowest BCUT2D eigenvalue weighted by molar-refractivity contribution is -0.168. The molecule has 6 amide bonds. The van der Waals surface area contributed by atoms with Gasteiger partial charge in [-0.2, -0.15) is 16.8 Å². The number of amides is 6. The summed E-state index contributed by atoms with van der Waals surface area (Å²) in [6.45, 7) is 5.89. The summed E-state index contributed by atoms with van der Waals surface area (Å²) in [4.78, 5) is 106. The van der Waals surface area contributed by atoms with Crippen molar-refractivity contribution in [2.24, 2.45) is 28.3 Å². The number of halogens is 1. The van der Waals surface area contributed by atoms with Crippen molar-refractivity contribution in [3.8, 4) is 5.75 Å². The molecule has 0 aliphatic carbocycles. The molecule has 0 aromatic heterocycles. The first-order valence-electron chi connectivity index (χ1n) is 22.0. The maximum atomic E-state index is 14.9. The zero-order valence-electron chi connectivity index (χ0n) is 39.1. The van der Waals surface area contributed by atoms with Gasteiger partial charge < -0.3 is 57.5 Å². The SMILES string of the molecule is CC[C@@H](C)[C@H]1C(=O)N(C)[C@H](Cc2ccc(O)c(Cl)c2)C(=O)N[C@H]([C@H](C)CC)C(=O)O[C@@H](C)[C@H](NC(=O)[C@H](COS(=O)(=O)O)OS(=O)(=O)O)C(=O)N[C@H](CCCN=C(N)N)C(=O)N[C@H]2CC[C@H](O)N1C2=O. The molecule has 2 saturated heterocycles. The average Bonchev–Trinajstić information content (AvgIpc) is 3.27. The Morgan fingerprint density at radius 2 is 1.60 bits per heavy atom. The number of guanidine groups is 1. The van der Waals surface area contributed by atoms with Gasteiger partial charge in [0.25, 0.3) is 5.91 Å². The molecule has 3 rings (SSSR count). The Labute approximate surface area is 409 Å². The number of carbonyl (C=O) groups excluding carboxylic acids is 7. The van der Waals surface area contributed by atoms with Gasteiger partial charge in [0.2, 0.25) is 29.5 Å². The second kappa shape index (κ2) is 25.6. The lowest BCUT2D eigenvalue weighted by Crippen LogP contribution is -2.66. The van der Waals surface area contributed by atoms with E-state index >= 15 is 0 Å². The van der Waals surface area contributed by atoms with Crippen LogP contribution in [0.5, 0.6) is 5.75 Å². The molecule has 2 bridgehead atoms. The second-order valence-corrected chi connectivity index (χ2v) is 19.4. The van der Waals surface area contributed by atoms with Gasteiger partial charge in [0.15, 0.2) is 12.1 Å². The van der Waals surface area contributed by atoms with Gasteiger partial charge in [-0.1, -0.05) is 58.2 Å². The van der Waals surface area contributed by atoms with Crippen molar-refractivity contribution in [3.05, 3.63) is 28.8 Å². The monoisotopic (exact) mass is 1060 g/mol. The number of esters is 1. The first kappa shape index (κ1) is 58.9. The van der Waals surface area contributed by atoms with E-state index in [1.807, 2.05) is 5.32 Å². The van der Waals surface area contributed by atoms with Crippen LogP contribution in [0.1, 0.15) is 78.7 Å². The number of phenols is 1. The Hall–Kier alpha value is -5.43. The molecular weight excluding hydrogens is 994 g/mol. The molecule has 0 radical (unpaired) electrons. The number of benzene rings is 1. The molecular formula is C40H62ClN9O18S2. The van der Waals surface area contributed by atoms with Crippen molar-refractivity contribution in [1.82, 2.24) is 31.1 Å². The molecule has 2 aliphatic heterocycles. The molecule has 30 heteroatoms. The van der Waals surface area contributed by atoms with E-state index in [0.717, 1.165) is 16.7 Å². The third kappa shape index (κ3) is 16.9. The van der Waals surface area contributed by atoms with E-state index in [9.17, 15) is 65.2 Å². The van der Waals surface area contributed by atoms with Gasteiger partial charge in [-0.25, -0.2) is 13.2 Å². The van der Waals surface area contributed by atoms with Crippen LogP contribution in [-0.4, -0.2) is 168 Å². The van der Waals surface area contributed by atoms with Crippen LogP contribution >= 0.6 is 11.6 Å². The molecule has 0 spiro atoms. The quantitative estimate of drug-likeness (QED) is 0.0259. The van der Waals surface area contributed by atoms with Crippen molar-refractivity contribution in [3.63, 3.8) is 0 Å². The molecule has 394 valence electrons. The number of rotatable bonds is 17. The summed E-state index contributed by atoms with van der Waals surface area (Å²) in [7, 11) is -9.72. The number of phenolic OH excluding ortho intramolecular Hbond substituents is 1. The number of aliphatic hydroxyl groups is 1. The van der Waals surface area contributed by atoms with E-state index in [-0.39, 0.29) is 68.2 Å². The van der Waals surface area contributed by atoms with Crippen LogP contribution in [0.2, 0.25) is 5.02 Å². The van der Waals surface area contributed by atoms with Gasteiger partial charge in [-0.05, 0) is 62.1 Å². The molecule has 2 heterocycles. The van der Waals surface area contributed by atoms with E-state index in [4.69, 9.17) is 32.4 Å². The van der Waals surface area contributed by atoms with Crippen LogP contribution < -0.4 is 32.7 Å². The number of hydrogen-bond donors (Lipinski definition) is 10. The van der Waals surface area contributed by atoms with Gasteiger partial charge >= 0.3 is 26.8 Å². The molecule has 12 N–H and O–H groups in total. The molecule has 1 aromatic rings. The number of ether oxygens (including phenoxy) is 1. The molecule has 11 atom stereocenters. The molecule has 0 unspecified atom stereocenters. The number of aliphatic imine (C=N–C) groups is 1. The number of cyclic esters (lactones) is 1. The predicted octanol–water partition coefficient (Wildman–Crippen LogP) is -2.24. The maximum absolute atomic E-state index is 14.9. The number of hydrogen-bond acceptors (Lipinski definition) is 17. The number of piperidine rings is 1. The first-order chi connectivity index (χ1) is 32.5. The predicted molar refractivity (Wildman–Crippen MR) is 245 cm³/mol. The highest BCUT2D eigenvalue weighted by atomic mass is 35.5. The molecule has 2 fully saturated rings. The zero-order valence-corrected chi connectivity index (χ0v) is 41.5. The third-order valence-corrected chi connectivity index (χ3v) is 13.0. The van der Waals surface area contributed by atoms with E-state index in [0.29, 0.717) is 5.56 Å². The summed E-state index contributed by atoms with van der Waals surface area (Å²) in [5.41, 5.74) is 11.2. The summed E-state index contributed by atoms with van der Waals surface area (Å²) >= 11 is 6.21. The van der Waals surface area contributed by atoms with Gasteiger partial charge in [0.05, 0.1) is 5.02 Å². The maximum Gasteiger partial charge on any atom is 0.398 e. The summed E-state index contributed by atoms with van der Waals surface area (Å²) in [5.74, 6) is -10.1. The first-order valence-corrected chi connectivity index (χ1v) is 25.1. The summed E-state index contributed by atoms with van der Waals surface area (Å²) in [6, 6.07) is -5.83. The Kier molecular flexibility index (Phi) is 21.5. The fraction of sp³-hybridized carbons (Fsp3) is 0.650. The van der Waals surface area contributed by atoms with E-state index in [2.05, 4.69) is 29.3 Å². The average molecular weight is 1060 g/mol. The van der Waals surface area contributed by atoms with Crippen molar-refractivity contribution < 1.29 is 82.8 Å². The standard InChI is InChI=1S/C40H62ClN9O18S2/c1-7-19(3)30-39(59)67-21(5)31(48-35(55)28(68-70(63,64)65)18-66-69(60,61)62)36(56)45-24(10-9-15-44-40(42)43)33(53)46-25-12-14-29(52)50(37(25)57)32(20(4)8-2)38(58)49(6)26(34(54)47-30)17-22-11-13-27(51)23(41)16-22/h11,13,16,19-21,24-26,28-32,51-52H,7-10,12,14-15,17-18H2,1-6H3,(H,45,56)(H,46,53)(H,47,54)(H,48,55)(H4,42,43,44)(H,60,61,62)(H,63,64,65)/t19-,20-,21+,24-,25+,26-,28+,29+,30-,31+,32+/m1/s1. The highest BCUT2D eigenvalue weighted by Crippen LogP contribution is 2.29. The lowest BCUT2D eigenvalue weighted by atomic mass is 9.91. The number of carbonyl (C=O) groups is 7. The molecule has 2 aliphatic rings. The smallest absolute Gasteiger partial charge is 0.398 e. The number of fused-ring (bicyclic) bond motifs is 2. The molecule has 70 heavy (non-hydrogen) atoms. The molecule has 27 nitrogen and oxygen atoms in total. The van der Waals surface area contributed by atoms with Crippen LogP contribution in [0, 0.1) is 11.8 Å². The fourth-order valence-corrected chi connectivity index (χ4v) is 8.46. The third-order valence-electron chi connectivity index (χ3n) is 11.8. The van der Waals surface area contributed by atoms with Crippen LogP contribution in [0.15, 0.2) is 23.2 Å². The normalized spacial score (nSPS) is 26.0. The highest BCUT2D eigenvalue weighted by Gasteiger charge is 2.47. The number of nitrogens with one attached hydrogen (secondary N) is 4. The second-order valence-electron chi connectivity index (χ2n) is 16.9. The molecule has 1 aromatic carbocycles. The fourth-order valence-electron chi connectivity index (χ4n) is 7.52. The Morgan fingerprint density at radius 3 is 2.17 bits per heavy atom. The summed E-state index contributed by atoms with van der Waals surface area (Å²) in [5, 5.41) is 31.0. The minimum absolute atomic E-state index is 0.0245. The minimum Gasteiger partial charge on any atom is -0.506 e. The highest BCUT2D eigenvalue weighted by molar-refractivity contribution is 7.81. The summed E-state index contributed by atoms with van der Waals surface area (Å²) < 4.78 is 78.6. The van der Waals surface area contributed by atoms with Gasteiger partial charge in [-0.3, -0.25) is 42.9 Å². The zero-order chi connectivity index (χ0) is 53.0. The number of likely N-dealkylation sites (N-methyl/N-ethyl adjacent to an activating group) is 1. The largest absolute Gasteiger partial charge is 0.506 e. The van der Waals surface area contributed by atoms with Gasteiger partial charge in [0, 0.05) is 20.0 Å². The lowest BCUT2D eigenvalue weighted by Gasteiger charge is -2.44. The minimum atomic E-state index is -5.60. The molecule has 0 saturated carbocycles. The van der Waals surface area contributed by atoms with E-state index in [1.165, 1.54) is 25.2 Å². The van der Waals surface area contributed by atoms with Crippen LogP contribution in [0.4, 0.5) is 0 Å². The number of nitrogens with two attached hydrogens (primary N) is 2. The number of aromatic hydroxyl groups is 1. The number of aliphatic hydroxyl groups excluding tert-OH is 1. The van der Waals surface area contributed by atoms with Crippen molar-refractivity contribution in [1.29, 1.82) is 0 Å².